The maximum absolute atomic E-state index is 12.8. The lowest BCUT2D eigenvalue weighted by molar-refractivity contribution is -0.123. The summed E-state index contributed by atoms with van der Waals surface area (Å²) in [6.45, 7) is 0. The molecule has 0 radical (unpaired) electrons. The second-order valence-electron chi connectivity index (χ2n) is 6.35. The Morgan fingerprint density at radius 1 is 1.13 bits per heavy atom. The quantitative estimate of drug-likeness (QED) is 0.885. The van der Waals surface area contributed by atoms with Crippen LogP contribution in [0.4, 0.5) is 0 Å². The van der Waals surface area contributed by atoms with Crippen molar-refractivity contribution in [3.8, 4) is 0 Å². The molecular formula is C19H18ClNOS. The predicted octanol–water partition coefficient (Wildman–Crippen LogP) is 4.55. The molecule has 2 nitrogen and oxygen atoms in total. The fourth-order valence-corrected chi connectivity index (χ4v) is 4.75. The van der Waals surface area contributed by atoms with Crippen molar-refractivity contribution in [2.45, 2.75) is 41.4 Å². The van der Waals surface area contributed by atoms with Gasteiger partial charge in [-0.2, -0.15) is 0 Å². The zero-order chi connectivity index (χ0) is 15.9. The fraction of sp³-hybridized carbons (Fsp3) is 0.316. The van der Waals surface area contributed by atoms with Gasteiger partial charge in [-0.15, -0.1) is 11.8 Å². The van der Waals surface area contributed by atoms with Crippen molar-refractivity contribution in [1.82, 2.24) is 5.32 Å². The maximum Gasteiger partial charge on any atom is 0.234 e. The van der Waals surface area contributed by atoms with Gasteiger partial charge in [0.15, 0.2) is 0 Å². The van der Waals surface area contributed by atoms with Crippen LogP contribution in [-0.4, -0.2) is 11.2 Å². The topological polar surface area (TPSA) is 29.1 Å². The molecule has 23 heavy (non-hydrogen) atoms. The van der Waals surface area contributed by atoms with Crippen molar-refractivity contribution in [1.29, 1.82) is 0 Å². The van der Waals surface area contributed by atoms with E-state index in [0.717, 1.165) is 30.7 Å². The number of nitrogens with one attached hydrogen (secondary N) is 1. The third kappa shape index (κ3) is 2.77. The summed E-state index contributed by atoms with van der Waals surface area (Å²) in [5.74, 6) is 0.154. The Labute approximate surface area is 145 Å². The number of carbonyl (C=O) groups excluding carboxylic acids is 1. The zero-order valence-electron chi connectivity index (χ0n) is 12.7. The largest absolute Gasteiger partial charge is 0.346 e. The van der Waals surface area contributed by atoms with Gasteiger partial charge in [-0.25, -0.2) is 0 Å². The van der Waals surface area contributed by atoms with Crippen molar-refractivity contribution in [3.63, 3.8) is 0 Å². The average Bonchev–Trinajstić information content (AvgIpc) is 2.96. The molecule has 1 saturated carbocycles. The van der Waals surface area contributed by atoms with Crippen molar-refractivity contribution < 1.29 is 4.79 Å². The molecule has 1 fully saturated rings. The highest BCUT2D eigenvalue weighted by Gasteiger charge is 2.42. The second-order valence-corrected chi connectivity index (χ2v) is 8.03. The molecular weight excluding hydrogens is 326 g/mol. The summed E-state index contributed by atoms with van der Waals surface area (Å²) in [7, 11) is 0. The molecule has 1 aliphatic heterocycles. The number of amides is 1. The smallest absolute Gasteiger partial charge is 0.234 e. The highest BCUT2D eigenvalue weighted by molar-refractivity contribution is 8.01. The van der Waals surface area contributed by atoms with Gasteiger partial charge in [-0.3, -0.25) is 4.79 Å². The molecule has 1 unspecified atom stereocenters. The van der Waals surface area contributed by atoms with E-state index in [9.17, 15) is 4.79 Å². The van der Waals surface area contributed by atoms with Crippen LogP contribution in [0.1, 0.15) is 30.4 Å². The minimum atomic E-state index is -0.197. The number of rotatable bonds is 3. The summed E-state index contributed by atoms with van der Waals surface area (Å²) >= 11 is 7.68. The molecule has 0 bridgehead atoms. The monoisotopic (exact) mass is 343 g/mol. The minimum Gasteiger partial charge on any atom is -0.346 e. The SMILES string of the molecule is O=C(NC1(c2ccc(Cl)cc2)CCC1)C1Cc2ccccc2S1. The van der Waals surface area contributed by atoms with E-state index >= 15 is 0 Å². The first-order chi connectivity index (χ1) is 11.2. The third-order valence-electron chi connectivity index (χ3n) is 4.91. The highest BCUT2D eigenvalue weighted by atomic mass is 35.5. The maximum atomic E-state index is 12.8. The molecule has 1 aliphatic carbocycles. The lowest BCUT2D eigenvalue weighted by Gasteiger charge is -2.43. The highest BCUT2D eigenvalue weighted by Crippen LogP contribution is 2.43. The standard InChI is InChI=1S/C19H18ClNOS/c20-15-8-6-14(7-9-15)19(10-3-11-19)21-18(22)17-12-13-4-1-2-5-16(13)23-17/h1-2,4-9,17H,3,10-12H2,(H,21,22). The van der Waals surface area contributed by atoms with E-state index in [1.165, 1.54) is 16.0 Å². The summed E-state index contributed by atoms with van der Waals surface area (Å²) in [5.41, 5.74) is 2.26. The Balaban J connectivity index is 1.51. The van der Waals surface area contributed by atoms with Gasteiger partial charge in [-0.05, 0) is 55.0 Å². The Hall–Kier alpha value is -1.45. The summed E-state index contributed by atoms with van der Waals surface area (Å²) in [5, 5.41) is 4.06. The summed E-state index contributed by atoms with van der Waals surface area (Å²) in [4.78, 5) is 14.0. The molecule has 0 spiro atoms. The Morgan fingerprint density at radius 3 is 2.52 bits per heavy atom. The number of thioether (sulfide) groups is 1. The normalized spacial score (nSPS) is 21.3. The van der Waals surface area contributed by atoms with Gasteiger partial charge in [0.1, 0.15) is 0 Å². The van der Waals surface area contributed by atoms with Gasteiger partial charge in [0.05, 0.1) is 10.8 Å². The van der Waals surface area contributed by atoms with E-state index < -0.39 is 0 Å². The van der Waals surface area contributed by atoms with Crippen molar-refractivity contribution in [2.75, 3.05) is 0 Å². The van der Waals surface area contributed by atoms with Crippen LogP contribution in [0.2, 0.25) is 5.02 Å². The van der Waals surface area contributed by atoms with Crippen LogP contribution in [-0.2, 0) is 16.8 Å². The first-order valence-corrected chi connectivity index (χ1v) is 9.25. The van der Waals surface area contributed by atoms with Gasteiger partial charge in [-0.1, -0.05) is 41.9 Å². The van der Waals surface area contributed by atoms with Gasteiger partial charge < -0.3 is 5.32 Å². The van der Waals surface area contributed by atoms with Crippen LogP contribution in [0.3, 0.4) is 0 Å². The third-order valence-corrected chi connectivity index (χ3v) is 6.48. The van der Waals surface area contributed by atoms with Gasteiger partial charge in [0, 0.05) is 9.92 Å². The summed E-state index contributed by atoms with van der Waals surface area (Å²) in [6, 6.07) is 16.2. The van der Waals surface area contributed by atoms with Crippen LogP contribution in [0, 0.1) is 0 Å². The minimum absolute atomic E-state index is 0.0165. The van der Waals surface area contributed by atoms with Crippen molar-refractivity contribution in [2.24, 2.45) is 0 Å². The number of benzene rings is 2. The number of carbonyl (C=O) groups is 1. The molecule has 0 saturated heterocycles. The van der Waals surface area contributed by atoms with E-state index in [1.807, 2.05) is 36.4 Å². The van der Waals surface area contributed by atoms with Gasteiger partial charge in [0.2, 0.25) is 5.91 Å². The summed E-state index contributed by atoms with van der Waals surface area (Å²) < 4.78 is 0. The summed E-state index contributed by atoms with van der Waals surface area (Å²) in [6.07, 6.45) is 3.99. The molecule has 4 heteroatoms. The Morgan fingerprint density at radius 2 is 1.87 bits per heavy atom. The number of fused-ring (bicyclic) bond motifs is 1. The Kier molecular flexibility index (Phi) is 3.86. The first-order valence-electron chi connectivity index (χ1n) is 7.99. The molecule has 0 aromatic heterocycles. The lowest BCUT2D eigenvalue weighted by atomic mass is 9.71. The molecule has 1 N–H and O–H groups in total. The Bertz CT molecular complexity index is 714. The first kappa shape index (κ1) is 15.1. The number of halogens is 1. The van der Waals surface area contributed by atoms with E-state index in [4.69, 9.17) is 11.6 Å². The van der Waals surface area contributed by atoms with Gasteiger partial charge in [0.25, 0.3) is 0 Å². The lowest BCUT2D eigenvalue weighted by Crippen LogP contribution is -2.53. The van der Waals surface area contributed by atoms with E-state index in [-0.39, 0.29) is 16.7 Å². The van der Waals surface area contributed by atoms with Crippen LogP contribution in [0.25, 0.3) is 0 Å². The zero-order valence-corrected chi connectivity index (χ0v) is 14.3. The number of hydrogen-bond donors (Lipinski definition) is 1. The van der Waals surface area contributed by atoms with Crippen LogP contribution >= 0.6 is 23.4 Å². The molecule has 2 aromatic carbocycles. The molecule has 1 amide bonds. The molecule has 2 aliphatic rings. The van der Waals surface area contributed by atoms with Crippen LogP contribution in [0.5, 0.6) is 0 Å². The average molecular weight is 344 g/mol. The molecule has 118 valence electrons. The van der Waals surface area contributed by atoms with Crippen LogP contribution < -0.4 is 5.32 Å². The number of hydrogen-bond acceptors (Lipinski definition) is 2. The van der Waals surface area contributed by atoms with Crippen LogP contribution in [0.15, 0.2) is 53.4 Å². The van der Waals surface area contributed by atoms with E-state index in [2.05, 4.69) is 17.4 Å². The van der Waals surface area contributed by atoms with E-state index in [0.29, 0.717) is 0 Å². The predicted molar refractivity (Wildman–Crippen MR) is 94.9 cm³/mol. The fourth-order valence-electron chi connectivity index (χ4n) is 3.43. The molecule has 2 aromatic rings. The van der Waals surface area contributed by atoms with Crippen molar-refractivity contribution in [3.05, 3.63) is 64.7 Å². The van der Waals surface area contributed by atoms with Crippen molar-refractivity contribution >= 4 is 29.3 Å². The molecule has 1 heterocycles. The van der Waals surface area contributed by atoms with E-state index in [1.54, 1.807) is 11.8 Å². The molecule has 4 rings (SSSR count). The second kappa shape index (κ2) is 5.88. The van der Waals surface area contributed by atoms with Gasteiger partial charge >= 0.3 is 0 Å². The molecule has 1 atom stereocenters.